The molecule has 0 fully saturated rings. The van der Waals surface area contributed by atoms with Gasteiger partial charge in [0.05, 0.1) is 10.0 Å². The number of rotatable bonds is 3. The van der Waals surface area contributed by atoms with Gasteiger partial charge in [0.15, 0.2) is 5.75 Å². The Labute approximate surface area is 147 Å². The molecule has 3 rings (SSSR count). The van der Waals surface area contributed by atoms with E-state index in [0.29, 0.717) is 10.0 Å². The molecule has 0 N–H and O–H groups in total. The van der Waals surface area contributed by atoms with Gasteiger partial charge in [0, 0.05) is 15.7 Å². The van der Waals surface area contributed by atoms with Crippen molar-refractivity contribution in [3.05, 3.63) is 69.0 Å². The summed E-state index contributed by atoms with van der Waals surface area (Å²) < 4.78 is 6.41. The third-order valence-electron chi connectivity index (χ3n) is 3.37. The van der Waals surface area contributed by atoms with E-state index in [4.69, 9.17) is 27.9 Å². The van der Waals surface area contributed by atoms with Crippen molar-refractivity contribution >= 4 is 56.7 Å². The van der Waals surface area contributed by atoms with E-state index < -0.39 is 5.97 Å². The molecule has 2 nitrogen and oxygen atoms in total. The van der Waals surface area contributed by atoms with Crippen LogP contribution in [0.15, 0.2) is 48.5 Å². The minimum absolute atomic E-state index is 0.179. The number of carbonyl (C=O) groups is 1. The van der Waals surface area contributed by atoms with E-state index in [9.17, 15) is 4.79 Å². The highest BCUT2D eigenvalue weighted by Gasteiger charge is 2.11. The number of hydrogen-bond donors (Lipinski definition) is 0. The third-order valence-corrected chi connectivity index (χ3v) is 5.21. The number of para-hydroxylation sites is 1. The van der Waals surface area contributed by atoms with Crippen molar-refractivity contribution in [3.63, 3.8) is 0 Å². The average molecular weight is 363 g/mol. The predicted molar refractivity (Wildman–Crippen MR) is 97.7 cm³/mol. The molecule has 0 saturated heterocycles. The Morgan fingerprint density at radius 1 is 1.09 bits per heavy atom. The molecule has 0 saturated carbocycles. The maximum atomic E-state index is 12.0. The molecule has 0 bridgehead atoms. The van der Waals surface area contributed by atoms with Crippen LogP contribution < -0.4 is 4.74 Å². The fourth-order valence-corrected chi connectivity index (χ4v) is 3.80. The van der Waals surface area contributed by atoms with Crippen LogP contribution in [0.5, 0.6) is 5.75 Å². The normalized spacial score (nSPS) is 11.3. The fourth-order valence-electron chi connectivity index (χ4n) is 2.21. The Kier molecular flexibility index (Phi) is 4.71. The lowest BCUT2D eigenvalue weighted by Crippen LogP contribution is -2.04. The van der Waals surface area contributed by atoms with Gasteiger partial charge in [0.1, 0.15) is 0 Å². The van der Waals surface area contributed by atoms with Crippen LogP contribution in [0.2, 0.25) is 10.0 Å². The summed E-state index contributed by atoms with van der Waals surface area (Å²) in [6.07, 6.45) is 3.14. The maximum absolute atomic E-state index is 12.0. The summed E-state index contributed by atoms with van der Waals surface area (Å²) in [5.74, 6) is -0.338. The van der Waals surface area contributed by atoms with Gasteiger partial charge in [0.25, 0.3) is 0 Å². The lowest BCUT2D eigenvalue weighted by Gasteiger charge is -2.05. The van der Waals surface area contributed by atoms with Crippen molar-refractivity contribution in [2.75, 3.05) is 0 Å². The van der Waals surface area contributed by atoms with Gasteiger partial charge in [-0.1, -0.05) is 47.5 Å². The summed E-state index contributed by atoms with van der Waals surface area (Å²) >= 11 is 13.6. The molecule has 3 aromatic rings. The first-order valence-electron chi connectivity index (χ1n) is 6.88. The SMILES string of the molecule is Cc1c(/C=C/C(=O)Oc2c(Cl)cccc2Cl)sc2ccccc12. The second kappa shape index (κ2) is 6.75. The molecule has 0 aliphatic heterocycles. The standard InChI is InChI=1S/C18H12Cl2O2S/c1-11-12-5-2-3-8-16(12)23-15(11)9-10-17(21)22-18-13(19)6-4-7-14(18)20/h2-10H,1H3/b10-9+. The van der Waals surface area contributed by atoms with E-state index in [0.717, 1.165) is 10.4 Å². The number of halogens is 2. The van der Waals surface area contributed by atoms with Gasteiger partial charge in [0.2, 0.25) is 0 Å². The molecule has 0 aliphatic rings. The molecule has 2 aromatic carbocycles. The minimum Gasteiger partial charge on any atom is -0.420 e. The molecular formula is C18H12Cl2O2S. The van der Waals surface area contributed by atoms with Crippen molar-refractivity contribution in [2.45, 2.75) is 6.92 Å². The Balaban J connectivity index is 1.81. The van der Waals surface area contributed by atoms with Crippen LogP contribution in [0.3, 0.4) is 0 Å². The largest absolute Gasteiger partial charge is 0.420 e. The van der Waals surface area contributed by atoms with Crippen LogP contribution in [0.1, 0.15) is 10.4 Å². The van der Waals surface area contributed by atoms with Gasteiger partial charge in [-0.3, -0.25) is 0 Å². The summed E-state index contributed by atoms with van der Waals surface area (Å²) in [4.78, 5) is 13.0. The number of ether oxygens (including phenoxy) is 1. The molecule has 0 radical (unpaired) electrons. The van der Waals surface area contributed by atoms with Crippen LogP contribution in [-0.2, 0) is 4.79 Å². The van der Waals surface area contributed by atoms with Gasteiger partial charge in [-0.05, 0) is 42.1 Å². The van der Waals surface area contributed by atoms with Gasteiger partial charge < -0.3 is 4.74 Å². The number of esters is 1. The van der Waals surface area contributed by atoms with Gasteiger partial charge in [-0.15, -0.1) is 11.3 Å². The molecule has 0 atom stereocenters. The summed E-state index contributed by atoms with van der Waals surface area (Å²) in [5.41, 5.74) is 1.14. The summed E-state index contributed by atoms with van der Waals surface area (Å²) in [6.45, 7) is 2.04. The van der Waals surface area contributed by atoms with Crippen molar-refractivity contribution in [1.29, 1.82) is 0 Å². The quantitative estimate of drug-likeness (QED) is 0.318. The average Bonchev–Trinajstić information content (AvgIpc) is 2.86. The van der Waals surface area contributed by atoms with Gasteiger partial charge >= 0.3 is 5.97 Å². The Morgan fingerprint density at radius 2 is 1.78 bits per heavy atom. The Hall–Kier alpha value is -1.81. The molecule has 23 heavy (non-hydrogen) atoms. The highest BCUT2D eigenvalue weighted by molar-refractivity contribution is 7.20. The molecule has 116 valence electrons. The van der Waals surface area contributed by atoms with Crippen molar-refractivity contribution in [2.24, 2.45) is 0 Å². The maximum Gasteiger partial charge on any atom is 0.336 e. The highest BCUT2D eigenvalue weighted by atomic mass is 35.5. The topological polar surface area (TPSA) is 26.3 Å². The molecular weight excluding hydrogens is 351 g/mol. The number of fused-ring (bicyclic) bond motifs is 1. The van der Waals surface area contributed by atoms with Crippen molar-refractivity contribution in [1.82, 2.24) is 0 Å². The number of aryl methyl sites for hydroxylation is 1. The van der Waals surface area contributed by atoms with Crippen LogP contribution in [0.25, 0.3) is 16.2 Å². The van der Waals surface area contributed by atoms with E-state index in [1.807, 2.05) is 19.1 Å². The van der Waals surface area contributed by atoms with Crippen LogP contribution >= 0.6 is 34.5 Å². The zero-order chi connectivity index (χ0) is 16.4. The molecule has 0 unspecified atom stereocenters. The number of thiophene rings is 1. The second-order valence-corrected chi connectivity index (χ2v) is 6.79. The number of hydrogen-bond acceptors (Lipinski definition) is 3. The zero-order valence-corrected chi connectivity index (χ0v) is 14.5. The van der Waals surface area contributed by atoms with E-state index >= 15 is 0 Å². The summed E-state index contributed by atoms with van der Waals surface area (Å²) in [7, 11) is 0. The molecule has 1 heterocycles. The molecule has 0 aliphatic carbocycles. The summed E-state index contributed by atoms with van der Waals surface area (Å²) in [5, 5.41) is 1.80. The smallest absolute Gasteiger partial charge is 0.336 e. The van der Waals surface area contributed by atoms with E-state index in [1.165, 1.54) is 16.2 Å². The Morgan fingerprint density at radius 3 is 2.48 bits per heavy atom. The second-order valence-electron chi connectivity index (χ2n) is 4.89. The van der Waals surface area contributed by atoms with Gasteiger partial charge in [-0.25, -0.2) is 4.79 Å². The Bertz CT molecular complexity index is 892. The first-order valence-corrected chi connectivity index (χ1v) is 8.45. The van der Waals surface area contributed by atoms with E-state index in [1.54, 1.807) is 35.6 Å². The third kappa shape index (κ3) is 3.42. The predicted octanol–water partition coefficient (Wildman–Crippen LogP) is 6.14. The van der Waals surface area contributed by atoms with Crippen LogP contribution in [0, 0.1) is 6.92 Å². The molecule has 5 heteroatoms. The van der Waals surface area contributed by atoms with Crippen molar-refractivity contribution < 1.29 is 9.53 Å². The monoisotopic (exact) mass is 362 g/mol. The van der Waals surface area contributed by atoms with E-state index in [2.05, 4.69) is 12.1 Å². The van der Waals surface area contributed by atoms with Crippen LogP contribution in [0.4, 0.5) is 0 Å². The van der Waals surface area contributed by atoms with E-state index in [-0.39, 0.29) is 5.75 Å². The minimum atomic E-state index is -0.517. The zero-order valence-electron chi connectivity index (χ0n) is 12.2. The van der Waals surface area contributed by atoms with Gasteiger partial charge in [-0.2, -0.15) is 0 Å². The molecule has 1 aromatic heterocycles. The first-order chi connectivity index (χ1) is 11.1. The molecule has 0 amide bonds. The van der Waals surface area contributed by atoms with Crippen LogP contribution in [-0.4, -0.2) is 5.97 Å². The lowest BCUT2D eigenvalue weighted by atomic mass is 10.1. The van der Waals surface area contributed by atoms with Crippen molar-refractivity contribution in [3.8, 4) is 5.75 Å². The highest BCUT2D eigenvalue weighted by Crippen LogP contribution is 2.33. The number of carbonyl (C=O) groups excluding carboxylic acids is 1. The fraction of sp³-hybridized carbons (Fsp3) is 0.0556. The first kappa shape index (κ1) is 16.1. The summed E-state index contributed by atoms with van der Waals surface area (Å²) in [6, 6.07) is 13.1. The molecule has 0 spiro atoms. The lowest BCUT2D eigenvalue weighted by molar-refractivity contribution is -0.128. The number of benzene rings is 2.